The summed E-state index contributed by atoms with van der Waals surface area (Å²) in [6, 6.07) is 6.40. The van der Waals surface area contributed by atoms with E-state index in [9.17, 15) is 9.18 Å². The molecule has 1 aromatic rings. The fourth-order valence-corrected chi connectivity index (χ4v) is 1.83. The van der Waals surface area contributed by atoms with E-state index in [4.69, 9.17) is 9.84 Å². The first-order valence-corrected chi connectivity index (χ1v) is 6.79. The van der Waals surface area contributed by atoms with E-state index in [-0.39, 0.29) is 12.2 Å². The van der Waals surface area contributed by atoms with Gasteiger partial charge in [0.2, 0.25) is 0 Å². The maximum atomic E-state index is 13.2. The molecular weight excluding hydrogens is 247 g/mol. The summed E-state index contributed by atoms with van der Waals surface area (Å²) < 4.78 is 18.5. The second-order valence-corrected chi connectivity index (χ2v) is 4.54. The topological polar surface area (TPSA) is 46.5 Å². The molecule has 0 aliphatic carbocycles. The summed E-state index contributed by atoms with van der Waals surface area (Å²) in [6.45, 7) is 0.524. The summed E-state index contributed by atoms with van der Waals surface area (Å²) in [5.74, 6) is -0.738. The van der Waals surface area contributed by atoms with Crippen molar-refractivity contribution in [1.29, 1.82) is 0 Å². The number of carboxylic acids is 1. The molecule has 19 heavy (non-hydrogen) atoms. The van der Waals surface area contributed by atoms with Gasteiger partial charge in [0.15, 0.2) is 11.6 Å². The first-order chi connectivity index (χ1) is 9.20. The number of unbranched alkanes of at least 4 members (excludes halogenated alkanes) is 5. The van der Waals surface area contributed by atoms with Crippen LogP contribution in [-0.4, -0.2) is 17.7 Å². The third-order valence-corrected chi connectivity index (χ3v) is 2.88. The average molecular weight is 268 g/mol. The third kappa shape index (κ3) is 7.44. The summed E-state index contributed by atoms with van der Waals surface area (Å²) in [5.41, 5.74) is 0. The summed E-state index contributed by atoms with van der Waals surface area (Å²) in [6.07, 6.45) is 6.01. The minimum absolute atomic E-state index is 0.260. The van der Waals surface area contributed by atoms with E-state index >= 15 is 0 Å². The first-order valence-electron chi connectivity index (χ1n) is 6.79. The molecule has 0 saturated carbocycles. The normalized spacial score (nSPS) is 10.4. The van der Waals surface area contributed by atoms with Gasteiger partial charge in [-0.25, -0.2) is 4.39 Å². The molecule has 0 unspecified atom stereocenters. The fourth-order valence-electron chi connectivity index (χ4n) is 1.83. The van der Waals surface area contributed by atoms with Crippen LogP contribution in [-0.2, 0) is 4.79 Å². The summed E-state index contributed by atoms with van der Waals surface area (Å²) >= 11 is 0. The molecule has 0 bridgehead atoms. The van der Waals surface area contributed by atoms with Crippen LogP contribution in [0.5, 0.6) is 5.75 Å². The van der Waals surface area contributed by atoms with Gasteiger partial charge in [0.1, 0.15) is 0 Å². The molecule has 0 atom stereocenters. The lowest BCUT2D eigenvalue weighted by Crippen LogP contribution is -1.99. The molecule has 0 fully saturated rings. The molecule has 1 aromatic carbocycles. The SMILES string of the molecule is O=C(O)CCCCCCCCOc1ccccc1F. The van der Waals surface area contributed by atoms with Gasteiger partial charge in [-0.15, -0.1) is 0 Å². The number of halogens is 1. The average Bonchev–Trinajstić information content (AvgIpc) is 2.38. The molecule has 0 aliphatic rings. The summed E-state index contributed by atoms with van der Waals surface area (Å²) in [4.78, 5) is 10.3. The molecule has 4 heteroatoms. The molecule has 0 heterocycles. The van der Waals surface area contributed by atoms with Gasteiger partial charge in [-0.3, -0.25) is 4.79 Å². The highest BCUT2D eigenvalue weighted by atomic mass is 19.1. The van der Waals surface area contributed by atoms with Gasteiger partial charge < -0.3 is 9.84 Å². The highest BCUT2D eigenvalue weighted by Gasteiger charge is 2.00. The smallest absolute Gasteiger partial charge is 0.303 e. The lowest BCUT2D eigenvalue weighted by Gasteiger charge is -2.06. The molecular formula is C15H21FO3. The largest absolute Gasteiger partial charge is 0.491 e. The number of para-hydroxylation sites is 1. The predicted molar refractivity (Wildman–Crippen MR) is 71.8 cm³/mol. The minimum Gasteiger partial charge on any atom is -0.491 e. The summed E-state index contributed by atoms with van der Waals surface area (Å²) in [5, 5.41) is 8.47. The van der Waals surface area contributed by atoms with Crippen molar-refractivity contribution in [2.75, 3.05) is 6.61 Å². The van der Waals surface area contributed by atoms with Gasteiger partial charge in [-0.2, -0.15) is 0 Å². The van der Waals surface area contributed by atoms with Crippen LogP contribution in [0.2, 0.25) is 0 Å². The van der Waals surface area contributed by atoms with Crippen LogP contribution in [0.3, 0.4) is 0 Å². The maximum absolute atomic E-state index is 13.2. The van der Waals surface area contributed by atoms with Crippen LogP contribution in [0.25, 0.3) is 0 Å². The number of benzene rings is 1. The molecule has 1 N–H and O–H groups in total. The number of aliphatic carboxylic acids is 1. The van der Waals surface area contributed by atoms with Gasteiger partial charge in [0.25, 0.3) is 0 Å². The Balaban J connectivity index is 1.94. The predicted octanol–water partition coefficient (Wildman–Crippen LogP) is 4.02. The van der Waals surface area contributed by atoms with Crippen molar-refractivity contribution in [3.05, 3.63) is 30.1 Å². The van der Waals surface area contributed by atoms with Crippen LogP contribution in [0.1, 0.15) is 44.9 Å². The van der Waals surface area contributed by atoms with Crippen molar-refractivity contribution < 1.29 is 19.0 Å². The number of rotatable bonds is 10. The summed E-state index contributed by atoms with van der Waals surface area (Å²) in [7, 11) is 0. The molecule has 0 aliphatic heterocycles. The highest BCUT2D eigenvalue weighted by molar-refractivity contribution is 5.66. The van der Waals surface area contributed by atoms with Crippen LogP contribution in [0.15, 0.2) is 24.3 Å². The van der Waals surface area contributed by atoms with Crippen LogP contribution < -0.4 is 4.74 Å². The molecule has 106 valence electrons. The monoisotopic (exact) mass is 268 g/mol. The van der Waals surface area contributed by atoms with Crippen molar-refractivity contribution >= 4 is 5.97 Å². The molecule has 1 rings (SSSR count). The Morgan fingerprint density at radius 2 is 1.68 bits per heavy atom. The van der Waals surface area contributed by atoms with Crippen molar-refractivity contribution in [3.8, 4) is 5.75 Å². The molecule has 0 saturated heterocycles. The Kier molecular flexibility index (Phi) is 7.63. The van der Waals surface area contributed by atoms with Crippen molar-refractivity contribution in [2.45, 2.75) is 44.9 Å². The standard InChI is InChI=1S/C15H21FO3/c16-13-9-6-7-10-14(13)19-12-8-4-2-1-3-5-11-15(17)18/h6-7,9-10H,1-5,8,11-12H2,(H,17,18). The molecule has 3 nitrogen and oxygen atoms in total. The zero-order valence-electron chi connectivity index (χ0n) is 11.1. The van der Waals surface area contributed by atoms with E-state index in [2.05, 4.69) is 0 Å². The Hall–Kier alpha value is -1.58. The van der Waals surface area contributed by atoms with Gasteiger partial charge in [-0.05, 0) is 25.0 Å². The van der Waals surface area contributed by atoms with E-state index in [0.29, 0.717) is 12.4 Å². The Morgan fingerprint density at radius 1 is 1.05 bits per heavy atom. The first kappa shape index (κ1) is 15.5. The van der Waals surface area contributed by atoms with E-state index in [0.717, 1.165) is 38.5 Å². The Bertz CT molecular complexity index is 379. The van der Waals surface area contributed by atoms with Gasteiger partial charge in [-0.1, -0.05) is 37.8 Å². The molecule has 0 amide bonds. The van der Waals surface area contributed by atoms with E-state index in [1.807, 2.05) is 0 Å². The number of carboxylic acid groups (broad SMARTS) is 1. The van der Waals surface area contributed by atoms with Crippen molar-refractivity contribution in [2.24, 2.45) is 0 Å². The van der Waals surface area contributed by atoms with Crippen molar-refractivity contribution in [3.63, 3.8) is 0 Å². The number of carbonyl (C=O) groups is 1. The number of ether oxygens (including phenoxy) is 1. The highest BCUT2D eigenvalue weighted by Crippen LogP contribution is 2.16. The Morgan fingerprint density at radius 3 is 2.37 bits per heavy atom. The third-order valence-electron chi connectivity index (χ3n) is 2.88. The fraction of sp³-hybridized carbons (Fsp3) is 0.533. The lowest BCUT2D eigenvalue weighted by atomic mass is 10.1. The quantitative estimate of drug-likeness (QED) is 0.652. The molecule has 0 aromatic heterocycles. The molecule has 0 spiro atoms. The van der Waals surface area contributed by atoms with Crippen LogP contribution in [0.4, 0.5) is 4.39 Å². The Labute approximate surface area is 113 Å². The van der Waals surface area contributed by atoms with Gasteiger partial charge >= 0.3 is 5.97 Å². The van der Waals surface area contributed by atoms with E-state index < -0.39 is 5.97 Å². The van der Waals surface area contributed by atoms with Gasteiger partial charge in [0, 0.05) is 6.42 Å². The van der Waals surface area contributed by atoms with E-state index in [1.165, 1.54) is 6.07 Å². The van der Waals surface area contributed by atoms with E-state index in [1.54, 1.807) is 18.2 Å². The zero-order chi connectivity index (χ0) is 13.9. The number of hydrogen-bond donors (Lipinski definition) is 1. The van der Waals surface area contributed by atoms with Crippen LogP contribution in [0, 0.1) is 5.82 Å². The zero-order valence-corrected chi connectivity index (χ0v) is 11.1. The van der Waals surface area contributed by atoms with Crippen LogP contribution >= 0.6 is 0 Å². The minimum atomic E-state index is -0.724. The second-order valence-electron chi connectivity index (χ2n) is 4.54. The van der Waals surface area contributed by atoms with Crippen molar-refractivity contribution in [1.82, 2.24) is 0 Å². The van der Waals surface area contributed by atoms with Gasteiger partial charge in [0.05, 0.1) is 6.61 Å². The maximum Gasteiger partial charge on any atom is 0.303 e. The molecule has 0 radical (unpaired) electrons. The second kappa shape index (κ2) is 9.36. The number of hydrogen-bond acceptors (Lipinski definition) is 2. The lowest BCUT2D eigenvalue weighted by molar-refractivity contribution is -0.137.